The predicted molar refractivity (Wildman–Crippen MR) is 123 cm³/mol. The van der Waals surface area contributed by atoms with E-state index >= 15 is 0 Å². The summed E-state index contributed by atoms with van der Waals surface area (Å²) in [5.41, 5.74) is 5.18. The number of carbonyl (C=O) groups is 1. The van der Waals surface area contributed by atoms with Crippen molar-refractivity contribution in [3.8, 4) is 5.75 Å². The van der Waals surface area contributed by atoms with Gasteiger partial charge in [0.2, 0.25) is 0 Å². The van der Waals surface area contributed by atoms with Gasteiger partial charge >= 0.3 is 0 Å². The van der Waals surface area contributed by atoms with Crippen molar-refractivity contribution in [3.05, 3.63) is 89.7 Å². The molecule has 0 fully saturated rings. The minimum Gasteiger partial charge on any atom is -0.489 e. The van der Waals surface area contributed by atoms with Crippen LogP contribution in [0.2, 0.25) is 0 Å². The number of benzene rings is 3. The maximum Gasteiger partial charge on any atom is 0.250 e. The Morgan fingerprint density at radius 3 is 2.65 bits per heavy atom. The lowest BCUT2D eigenvalue weighted by atomic mass is 10.2. The van der Waals surface area contributed by atoms with E-state index in [0.717, 1.165) is 25.7 Å². The number of halogens is 1. The highest BCUT2D eigenvalue weighted by Crippen LogP contribution is 2.29. The molecule has 1 amide bonds. The van der Waals surface area contributed by atoms with Gasteiger partial charge in [-0.05, 0) is 59.7 Å². The van der Waals surface area contributed by atoms with Crippen LogP contribution in [0.25, 0.3) is 10.2 Å². The maximum absolute atomic E-state index is 12.9. The lowest BCUT2D eigenvalue weighted by Gasteiger charge is -2.06. The fourth-order valence-corrected chi connectivity index (χ4v) is 4.51. The van der Waals surface area contributed by atoms with Gasteiger partial charge in [-0.1, -0.05) is 36.0 Å². The first-order valence-electron chi connectivity index (χ1n) is 9.43. The van der Waals surface area contributed by atoms with Gasteiger partial charge in [0.1, 0.15) is 18.2 Å². The molecule has 1 N–H and O–H groups in total. The summed E-state index contributed by atoms with van der Waals surface area (Å²) in [5.74, 6) is 0.472. The molecule has 0 aliphatic carbocycles. The van der Waals surface area contributed by atoms with Gasteiger partial charge < -0.3 is 4.74 Å². The number of hydrogen-bond acceptors (Lipinski definition) is 6. The number of nitrogens with one attached hydrogen (secondary N) is 1. The number of hydrazone groups is 1. The molecule has 31 heavy (non-hydrogen) atoms. The number of amides is 1. The number of nitrogens with zero attached hydrogens (tertiary/aromatic N) is 2. The fraction of sp³-hybridized carbons (Fsp3) is 0.0870. The third-order valence-corrected chi connectivity index (χ3v) is 6.38. The van der Waals surface area contributed by atoms with Crippen molar-refractivity contribution in [3.63, 3.8) is 0 Å². The zero-order valence-corrected chi connectivity index (χ0v) is 18.0. The van der Waals surface area contributed by atoms with Gasteiger partial charge in [0, 0.05) is 0 Å². The summed E-state index contributed by atoms with van der Waals surface area (Å²) >= 11 is 2.96. The van der Waals surface area contributed by atoms with Crippen molar-refractivity contribution in [1.82, 2.24) is 10.4 Å². The van der Waals surface area contributed by atoms with Crippen molar-refractivity contribution in [1.29, 1.82) is 0 Å². The van der Waals surface area contributed by atoms with E-state index in [4.69, 9.17) is 4.74 Å². The van der Waals surface area contributed by atoms with Crippen LogP contribution in [0.15, 0.2) is 82.2 Å². The van der Waals surface area contributed by atoms with E-state index in [1.807, 2.05) is 48.5 Å². The SMILES string of the molecule is O=C(CSc1nc2ccccc2s1)N/N=C\c1ccc(OCc2ccc(F)cc2)cc1. The Labute approximate surface area is 187 Å². The van der Waals surface area contributed by atoms with E-state index in [2.05, 4.69) is 15.5 Å². The largest absolute Gasteiger partial charge is 0.489 e. The van der Waals surface area contributed by atoms with Crippen molar-refractivity contribution >= 4 is 45.4 Å². The number of carbonyl (C=O) groups excluding carboxylic acids is 1. The first kappa shape index (κ1) is 21.0. The molecular formula is C23H18FN3O2S2. The van der Waals surface area contributed by atoms with E-state index in [-0.39, 0.29) is 17.5 Å². The number of rotatable bonds is 8. The van der Waals surface area contributed by atoms with Crippen LogP contribution in [0.3, 0.4) is 0 Å². The summed E-state index contributed by atoms with van der Waals surface area (Å²) in [5, 5.41) is 4.00. The van der Waals surface area contributed by atoms with E-state index in [9.17, 15) is 9.18 Å². The highest BCUT2D eigenvalue weighted by molar-refractivity contribution is 8.01. The molecule has 156 valence electrons. The molecule has 0 aliphatic heterocycles. The summed E-state index contributed by atoms with van der Waals surface area (Å²) in [7, 11) is 0. The number of hydrogen-bond donors (Lipinski definition) is 1. The number of aromatic nitrogens is 1. The van der Waals surface area contributed by atoms with Gasteiger partial charge in [-0.25, -0.2) is 14.8 Å². The molecule has 0 aliphatic rings. The third-order valence-electron chi connectivity index (χ3n) is 4.20. The van der Waals surface area contributed by atoms with Crippen LogP contribution in [0.5, 0.6) is 5.75 Å². The summed E-state index contributed by atoms with van der Waals surface area (Å²) in [4.78, 5) is 16.5. The third kappa shape index (κ3) is 6.13. The first-order chi connectivity index (χ1) is 15.2. The van der Waals surface area contributed by atoms with E-state index < -0.39 is 0 Å². The van der Waals surface area contributed by atoms with Gasteiger partial charge in [-0.2, -0.15) is 5.10 Å². The molecule has 1 heterocycles. The Morgan fingerprint density at radius 2 is 1.87 bits per heavy atom. The summed E-state index contributed by atoms with van der Waals surface area (Å²) < 4.78 is 20.6. The fourth-order valence-electron chi connectivity index (χ4n) is 2.65. The average Bonchev–Trinajstić information content (AvgIpc) is 3.21. The normalized spacial score (nSPS) is 11.1. The topological polar surface area (TPSA) is 63.6 Å². The number of thiazole rings is 1. The lowest BCUT2D eigenvalue weighted by Crippen LogP contribution is -2.19. The molecule has 5 nitrogen and oxygen atoms in total. The second kappa shape index (κ2) is 10.2. The van der Waals surface area contributed by atoms with Crippen molar-refractivity contribution < 1.29 is 13.9 Å². The summed E-state index contributed by atoms with van der Waals surface area (Å²) in [6.07, 6.45) is 1.57. The van der Waals surface area contributed by atoms with Crippen molar-refractivity contribution in [2.45, 2.75) is 10.9 Å². The number of fused-ring (bicyclic) bond motifs is 1. The van der Waals surface area contributed by atoms with Gasteiger partial charge in [-0.15, -0.1) is 11.3 Å². The van der Waals surface area contributed by atoms with Gasteiger partial charge in [0.05, 0.1) is 22.2 Å². The van der Waals surface area contributed by atoms with Gasteiger partial charge in [0.25, 0.3) is 5.91 Å². The Hall–Kier alpha value is -3.23. The van der Waals surface area contributed by atoms with Crippen LogP contribution in [0.4, 0.5) is 4.39 Å². The minimum absolute atomic E-state index is 0.195. The highest BCUT2D eigenvalue weighted by Gasteiger charge is 2.07. The zero-order valence-electron chi connectivity index (χ0n) is 16.3. The molecule has 1 aromatic heterocycles. The molecule has 0 radical (unpaired) electrons. The molecule has 0 saturated heterocycles. The zero-order chi connectivity index (χ0) is 21.5. The smallest absolute Gasteiger partial charge is 0.250 e. The molecule has 0 bridgehead atoms. The second-order valence-electron chi connectivity index (χ2n) is 6.51. The monoisotopic (exact) mass is 451 g/mol. The number of ether oxygens (including phenoxy) is 1. The summed E-state index contributed by atoms with van der Waals surface area (Å²) in [6, 6.07) is 21.4. The van der Waals surface area contributed by atoms with Crippen LogP contribution in [-0.2, 0) is 11.4 Å². The summed E-state index contributed by atoms with van der Waals surface area (Å²) in [6.45, 7) is 0.357. The molecule has 3 aromatic carbocycles. The Kier molecular flexibility index (Phi) is 6.91. The predicted octanol–water partition coefficient (Wildman–Crippen LogP) is 5.26. The van der Waals surface area contributed by atoms with Gasteiger partial charge in [-0.3, -0.25) is 4.79 Å². The lowest BCUT2D eigenvalue weighted by molar-refractivity contribution is -0.118. The average molecular weight is 452 g/mol. The van der Waals surface area contributed by atoms with E-state index in [0.29, 0.717) is 12.4 Å². The standard InChI is InChI=1S/C23H18FN3O2S2/c24-18-9-5-17(6-10-18)14-29-19-11-7-16(8-12-19)13-25-27-22(28)15-30-23-26-20-3-1-2-4-21(20)31-23/h1-13H,14-15H2,(H,27,28)/b25-13-. The second-order valence-corrected chi connectivity index (χ2v) is 8.77. The maximum atomic E-state index is 12.9. The van der Waals surface area contributed by atoms with Crippen LogP contribution in [0, 0.1) is 5.82 Å². The van der Waals surface area contributed by atoms with E-state index in [1.54, 1.807) is 29.7 Å². The Morgan fingerprint density at radius 1 is 1.10 bits per heavy atom. The molecule has 4 aromatic rings. The first-order valence-corrected chi connectivity index (χ1v) is 11.2. The molecule has 0 atom stereocenters. The Balaban J connectivity index is 1.21. The number of thioether (sulfide) groups is 1. The molecule has 8 heteroatoms. The molecular weight excluding hydrogens is 433 g/mol. The van der Waals surface area contributed by atoms with Crippen LogP contribution >= 0.6 is 23.1 Å². The highest BCUT2D eigenvalue weighted by atomic mass is 32.2. The van der Waals surface area contributed by atoms with Crippen LogP contribution in [-0.4, -0.2) is 22.9 Å². The van der Waals surface area contributed by atoms with Crippen LogP contribution in [0.1, 0.15) is 11.1 Å². The quantitative estimate of drug-likeness (QED) is 0.226. The molecule has 4 rings (SSSR count). The Bertz CT molecular complexity index is 1160. The van der Waals surface area contributed by atoms with Gasteiger partial charge in [0.15, 0.2) is 4.34 Å². The van der Waals surface area contributed by atoms with Crippen LogP contribution < -0.4 is 10.2 Å². The van der Waals surface area contributed by atoms with E-state index in [1.165, 1.54) is 23.9 Å². The minimum atomic E-state index is -0.269. The van der Waals surface area contributed by atoms with Crippen molar-refractivity contribution in [2.24, 2.45) is 5.10 Å². The van der Waals surface area contributed by atoms with Crippen molar-refractivity contribution in [2.75, 3.05) is 5.75 Å². The molecule has 0 saturated carbocycles. The molecule has 0 unspecified atom stereocenters. The molecule has 0 spiro atoms. The number of para-hydroxylation sites is 1.